The van der Waals surface area contributed by atoms with Crippen LogP contribution in [0.2, 0.25) is 0 Å². The Morgan fingerprint density at radius 2 is 0.625 bits per heavy atom. The lowest BCUT2D eigenvalue weighted by Gasteiger charge is -2.42. The molecule has 6 aromatic rings. The van der Waals surface area contributed by atoms with Crippen molar-refractivity contribution in [1.82, 2.24) is 0 Å². The maximum Gasteiger partial charge on any atom is 0.109 e. The largest absolute Gasteiger partial charge is 0.385 e. The molecule has 2 N–H and O–H groups in total. The zero-order valence-electron chi connectivity index (χ0n) is 27.8. The molecule has 0 aromatic heterocycles. The van der Waals surface area contributed by atoms with E-state index >= 15 is 0 Å². The molecule has 2 aliphatic heterocycles. The summed E-state index contributed by atoms with van der Waals surface area (Å²) in [6.45, 7) is 9.11. The number of nitrogens with zero attached hydrogens (tertiary/aromatic N) is 2. The van der Waals surface area contributed by atoms with Gasteiger partial charge in [0.15, 0.2) is 0 Å². The highest BCUT2D eigenvalue weighted by Gasteiger charge is 2.38. The van der Waals surface area contributed by atoms with Crippen LogP contribution < -0.4 is 9.80 Å². The quantitative estimate of drug-likeness (QED) is 0.199. The molecule has 0 bridgehead atoms. The average molecular weight is 629 g/mol. The van der Waals surface area contributed by atoms with Crippen LogP contribution in [-0.2, 0) is 10.8 Å². The zero-order chi connectivity index (χ0) is 33.2. The number of hydrogen-bond acceptors (Lipinski definition) is 4. The lowest BCUT2D eigenvalue weighted by Crippen LogP contribution is -2.30. The van der Waals surface area contributed by atoms with Crippen LogP contribution in [0.5, 0.6) is 0 Å². The van der Waals surface area contributed by atoms with Gasteiger partial charge in [0.05, 0.1) is 22.7 Å². The first-order valence-electron chi connectivity index (χ1n) is 16.7. The molecule has 4 nitrogen and oxygen atoms in total. The Labute approximate surface area is 283 Å². The molecule has 0 saturated carbocycles. The minimum atomic E-state index is -1.08. The van der Waals surface area contributed by atoms with Gasteiger partial charge in [-0.1, -0.05) is 125 Å². The Hall–Kier alpha value is -5.16. The fourth-order valence-electron chi connectivity index (χ4n) is 7.90. The number of rotatable bonds is 5. The summed E-state index contributed by atoms with van der Waals surface area (Å²) in [6.07, 6.45) is -2.16. The van der Waals surface area contributed by atoms with Crippen LogP contribution in [0.3, 0.4) is 0 Å². The molecule has 0 fully saturated rings. The molecule has 0 spiro atoms. The molecule has 2 heterocycles. The fourth-order valence-corrected chi connectivity index (χ4v) is 7.90. The first-order chi connectivity index (χ1) is 23.2. The summed E-state index contributed by atoms with van der Waals surface area (Å²) in [6, 6.07) is 50.1. The topological polar surface area (TPSA) is 46.9 Å². The number of aliphatic hydroxyl groups is 2. The third-order valence-electron chi connectivity index (χ3n) is 10.6. The van der Waals surface area contributed by atoms with Crippen molar-refractivity contribution in [2.45, 2.75) is 50.7 Å². The Morgan fingerprint density at radius 1 is 0.375 bits per heavy atom. The molecule has 4 heteroatoms. The van der Waals surface area contributed by atoms with Gasteiger partial charge in [-0.05, 0) is 81.9 Å². The highest BCUT2D eigenvalue weighted by Crippen LogP contribution is 2.53. The standard InChI is InChI=1S/C44H40N2O2/c1-43(2)33-13-5-9-17-37(33)45(38-18-10-6-14-34(38)43)31-25-21-29(22-26-31)41(47)42(48)30-23-27-32(28-24-30)46-39-19-11-7-15-35(39)44(3,4)36-16-8-12-20-40(36)46/h5-28,41-42,47-48H,1-4H3. The smallest absolute Gasteiger partial charge is 0.109 e. The van der Waals surface area contributed by atoms with Crippen molar-refractivity contribution < 1.29 is 10.2 Å². The molecular formula is C44H40N2O2. The molecule has 0 radical (unpaired) electrons. The van der Waals surface area contributed by atoms with E-state index in [4.69, 9.17) is 0 Å². The van der Waals surface area contributed by atoms with E-state index in [2.05, 4.69) is 135 Å². The Morgan fingerprint density at radius 3 is 0.896 bits per heavy atom. The van der Waals surface area contributed by atoms with Crippen LogP contribution in [0.15, 0.2) is 146 Å². The first-order valence-corrected chi connectivity index (χ1v) is 16.7. The van der Waals surface area contributed by atoms with E-state index in [9.17, 15) is 10.2 Å². The van der Waals surface area contributed by atoms with Gasteiger partial charge in [-0.25, -0.2) is 0 Å². The van der Waals surface area contributed by atoms with Crippen molar-refractivity contribution in [3.8, 4) is 0 Å². The molecule has 0 amide bonds. The third kappa shape index (κ3) is 4.59. The van der Waals surface area contributed by atoms with Gasteiger partial charge in [-0.2, -0.15) is 0 Å². The minimum Gasteiger partial charge on any atom is -0.385 e. The van der Waals surface area contributed by atoms with E-state index in [1.165, 1.54) is 22.3 Å². The monoisotopic (exact) mass is 628 g/mol. The second-order valence-electron chi connectivity index (χ2n) is 14.1. The summed E-state index contributed by atoms with van der Waals surface area (Å²) in [5.41, 5.74) is 12.8. The summed E-state index contributed by atoms with van der Waals surface area (Å²) in [7, 11) is 0. The van der Waals surface area contributed by atoms with Crippen LogP contribution in [0.1, 0.15) is 73.3 Å². The summed E-state index contributed by atoms with van der Waals surface area (Å²) < 4.78 is 0. The van der Waals surface area contributed by atoms with E-state index in [-0.39, 0.29) is 10.8 Å². The maximum atomic E-state index is 11.4. The Balaban J connectivity index is 1.08. The van der Waals surface area contributed by atoms with Gasteiger partial charge >= 0.3 is 0 Å². The van der Waals surface area contributed by atoms with Gasteiger partial charge in [-0.15, -0.1) is 0 Å². The molecule has 8 rings (SSSR count). The molecule has 2 atom stereocenters. The SMILES string of the molecule is CC1(C)c2ccccc2N(c2ccc(C(O)C(O)c3ccc(N4c5ccccc5C(C)(C)c5ccccc54)cc3)cc2)c2ccccc21. The van der Waals surface area contributed by atoms with E-state index < -0.39 is 12.2 Å². The molecule has 48 heavy (non-hydrogen) atoms. The molecule has 0 saturated heterocycles. The highest BCUT2D eigenvalue weighted by molar-refractivity contribution is 5.87. The number of benzene rings is 6. The van der Waals surface area contributed by atoms with Crippen molar-refractivity contribution in [2.24, 2.45) is 0 Å². The van der Waals surface area contributed by atoms with Gasteiger partial charge in [0.1, 0.15) is 12.2 Å². The lowest BCUT2D eigenvalue weighted by atomic mass is 9.73. The van der Waals surface area contributed by atoms with Crippen molar-refractivity contribution in [1.29, 1.82) is 0 Å². The molecule has 238 valence electrons. The van der Waals surface area contributed by atoms with Crippen molar-refractivity contribution in [3.63, 3.8) is 0 Å². The van der Waals surface area contributed by atoms with Gasteiger partial charge in [0.2, 0.25) is 0 Å². The van der Waals surface area contributed by atoms with Gasteiger partial charge < -0.3 is 20.0 Å². The van der Waals surface area contributed by atoms with Gasteiger partial charge in [0.25, 0.3) is 0 Å². The minimum absolute atomic E-state index is 0.128. The molecule has 2 unspecified atom stereocenters. The molecule has 2 aliphatic rings. The third-order valence-corrected chi connectivity index (χ3v) is 10.6. The molecule has 0 aliphatic carbocycles. The van der Waals surface area contributed by atoms with Crippen LogP contribution >= 0.6 is 0 Å². The maximum absolute atomic E-state index is 11.4. The second-order valence-corrected chi connectivity index (χ2v) is 14.1. The van der Waals surface area contributed by atoms with Crippen LogP contribution in [0.4, 0.5) is 34.1 Å². The van der Waals surface area contributed by atoms with Crippen LogP contribution in [-0.4, -0.2) is 10.2 Å². The summed E-state index contributed by atoms with van der Waals surface area (Å²) in [5.74, 6) is 0. The lowest BCUT2D eigenvalue weighted by molar-refractivity contribution is 0.0172. The summed E-state index contributed by atoms with van der Waals surface area (Å²) in [4.78, 5) is 4.58. The number of para-hydroxylation sites is 4. The van der Waals surface area contributed by atoms with E-state index in [1.807, 2.05) is 48.5 Å². The number of aliphatic hydroxyl groups excluding tert-OH is 2. The second kappa shape index (κ2) is 11.2. The number of fused-ring (bicyclic) bond motifs is 4. The summed E-state index contributed by atoms with van der Waals surface area (Å²) in [5, 5.41) is 22.8. The predicted molar refractivity (Wildman–Crippen MR) is 196 cm³/mol. The normalized spacial score (nSPS) is 16.6. The Kier molecular flexibility index (Phi) is 7.06. The van der Waals surface area contributed by atoms with E-state index in [0.29, 0.717) is 11.1 Å². The summed E-state index contributed by atoms with van der Waals surface area (Å²) >= 11 is 0. The first kappa shape index (κ1) is 30.2. The zero-order valence-corrected chi connectivity index (χ0v) is 27.8. The number of anilines is 6. The van der Waals surface area contributed by atoms with Crippen molar-refractivity contribution in [3.05, 3.63) is 179 Å². The molecular weight excluding hydrogens is 588 g/mol. The van der Waals surface area contributed by atoms with Crippen LogP contribution in [0, 0.1) is 0 Å². The fraction of sp³-hybridized carbons (Fsp3) is 0.182. The average Bonchev–Trinajstić information content (AvgIpc) is 3.12. The number of hydrogen-bond donors (Lipinski definition) is 2. The van der Waals surface area contributed by atoms with Crippen molar-refractivity contribution in [2.75, 3.05) is 9.80 Å². The van der Waals surface area contributed by atoms with Crippen LogP contribution in [0.25, 0.3) is 0 Å². The van der Waals surface area contributed by atoms with E-state index in [0.717, 1.165) is 34.1 Å². The van der Waals surface area contributed by atoms with Crippen molar-refractivity contribution >= 4 is 34.1 Å². The molecule has 6 aromatic carbocycles. The highest BCUT2D eigenvalue weighted by atomic mass is 16.3. The Bertz CT molecular complexity index is 1880. The van der Waals surface area contributed by atoms with Gasteiger partial charge in [0, 0.05) is 22.2 Å². The van der Waals surface area contributed by atoms with Gasteiger partial charge in [-0.3, -0.25) is 0 Å². The predicted octanol–water partition coefficient (Wildman–Crippen LogP) is 10.7. The van der Waals surface area contributed by atoms with E-state index in [1.54, 1.807) is 0 Å².